The summed E-state index contributed by atoms with van der Waals surface area (Å²) >= 11 is 0. The van der Waals surface area contributed by atoms with Crippen molar-refractivity contribution in [3.8, 4) is 0 Å². The average molecular weight is 268 g/mol. The van der Waals surface area contributed by atoms with E-state index in [1.165, 1.54) is 11.8 Å². The van der Waals surface area contributed by atoms with Gasteiger partial charge in [-0.25, -0.2) is 9.48 Å². The van der Waals surface area contributed by atoms with Crippen LogP contribution in [0.25, 0.3) is 0 Å². The Kier molecular flexibility index (Phi) is 5.98. The first-order chi connectivity index (χ1) is 9.13. The summed E-state index contributed by atoms with van der Waals surface area (Å²) in [4.78, 5) is 23.2. The van der Waals surface area contributed by atoms with E-state index in [2.05, 4.69) is 27.3 Å². The van der Waals surface area contributed by atoms with Crippen molar-refractivity contribution in [3.63, 3.8) is 0 Å². The molecule has 1 aromatic rings. The standard InChI is InChI=1S/C12H20N4O3/c1-4-6-7-13-10(17)8-16-9(5-2)11(14-15-16)12(18)19-3/h4-8H2,1-3H3,(H,13,17). The van der Waals surface area contributed by atoms with Crippen molar-refractivity contribution >= 4 is 11.9 Å². The minimum absolute atomic E-state index is 0.0664. The van der Waals surface area contributed by atoms with Crippen molar-refractivity contribution < 1.29 is 14.3 Å². The van der Waals surface area contributed by atoms with Crippen molar-refractivity contribution in [2.75, 3.05) is 13.7 Å². The van der Waals surface area contributed by atoms with Crippen LogP contribution < -0.4 is 5.32 Å². The number of nitrogens with one attached hydrogen (secondary N) is 1. The fourth-order valence-electron chi connectivity index (χ4n) is 1.66. The molecule has 19 heavy (non-hydrogen) atoms. The van der Waals surface area contributed by atoms with Gasteiger partial charge in [0.05, 0.1) is 12.8 Å². The number of unbranched alkanes of at least 4 members (excludes halogenated alkanes) is 1. The lowest BCUT2D eigenvalue weighted by molar-refractivity contribution is -0.121. The van der Waals surface area contributed by atoms with Gasteiger partial charge in [0.1, 0.15) is 6.54 Å². The maximum absolute atomic E-state index is 11.7. The highest BCUT2D eigenvalue weighted by atomic mass is 16.5. The van der Waals surface area contributed by atoms with E-state index in [1.807, 2.05) is 6.92 Å². The van der Waals surface area contributed by atoms with E-state index in [1.54, 1.807) is 0 Å². The third-order valence-electron chi connectivity index (χ3n) is 2.70. The lowest BCUT2D eigenvalue weighted by Crippen LogP contribution is -2.29. The number of rotatable bonds is 7. The number of carbonyl (C=O) groups is 2. The van der Waals surface area contributed by atoms with Crippen LogP contribution in [0.15, 0.2) is 0 Å². The SMILES string of the molecule is CCCCNC(=O)Cn1nnc(C(=O)OC)c1CC. The first-order valence-corrected chi connectivity index (χ1v) is 6.41. The summed E-state index contributed by atoms with van der Waals surface area (Å²) in [6.07, 6.45) is 2.52. The van der Waals surface area contributed by atoms with E-state index in [-0.39, 0.29) is 18.1 Å². The summed E-state index contributed by atoms with van der Waals surface area (Å²) in [5.74, 6) is -0.668. The van der Waals surface area contributed by atoms with E-state index in [4.69, 9.17) is 0 Å². The molecule has 0 bridgehead atoms. The molecule has 0 aromatic carbocycles. The van der Waals surface area contributed by atoms with Crippen LogP contribution in [0.4, 0.5) is 0 Å². The van der Waals surface area contributed by atoms with Crippen LogP contribution in [0, 0.1) is 0 Å². The molecule has 1 aromatic heterocycles. The zero-order valence-corrected chi connectivity index (χ0v) is 11.6. The molecule has 0 atom stereocenters. The topological polar surface area (TPSA) is 86.1 Å². The second-order valence-corrected chi connectivity index (χ2v) is 4.09. The van der Waals surface area contributed by atoms with Gasteiger partial charge in [0.25, 0.3) is 0 Å². The predicted octanol–water partition coefficient (Wildman–Crippen LogP) is 0.543. The van der Waals surface area contributed by atoms with Crippen LogP contribution >= 0.6 is 0 Å². The quantitative estimate of drug-likeness (QED) is 0.576. The Balaban J connectivity index is 2.70. The molecule has 0 spiro atoms. The van der Waals surface area contributed by atoms with Crippen molar-refractivity contribution in [2.45, 2.75) is 39.7 Å². The molecule has 0 saturated carbocycles. The van der Waals surface area contributed by atoms with Crippen LogP contribution in [0.3, 0.4) is 0 Å². The molecule has 0 aliphatic carbocycles. The van der Waals surface area contributed by atoms with Gasteiger partial charge in [-0.15, -0.1) is 5.10 Å². The van der Waals surface area contributed by atoms with E-state index < -0.39 is 5.97 Å². The highest BCUT2D eigenvalue weighted by Gasteiger charge is 2.19. The van der Waals surface area contributed by atoms with E-state index >= 15 is 0 Å². The number of aromatic nitrogens is 3. The summed E-state index contributed by atoms with van der Waals surface area (Å²) < 4.78 is 6.06. The van der Waals surface area contributed by atoms with Gasteiger partial charge < -0.3 is 10.1 Å². The molecule has 106 valence electrons. The second kappa shape index (κ2) is 7.50. The van der Waals surface area contributed by atoms with Crippen molar-refractivity contribution in [1.29, 1.82) is 0 Å². The van der Waals surface area contributed by atoms with Crippen LogP contribution in [-0.4, -0.2) is 40.5 Å². The van der Waals surface area contributed by atoms with E-state index in [9.17, 15) is 9.59 Å². The first kappa shape index (κ1) is 15.1. The van der Waals surface area contributed by atoms with Gasteiger partial charge in [-0.1, -0.05) is 25.5 Å². The Morgan fingerprint density at radius 3 is 2.68 bits per heavy atom. The molecule has 7 heteroatoms. The van der Waals surface area contributed by atoms with E-state index in [0.29, 0.717) is 18.7 Å². The molecule has 1 N–H and O–H groups in total. The molecule has 0 saturated heterocycles. The third-order valence-corrected chi connectivity index (χ3v) is 2.70. The number of methoxy groups -OCH3 is 1. The number of esters is 1. The number of ether oxygens (including phenoxy) is 1. The average Bonchev–Trinajstić information content (AvgIpc) is 2.80. The lowest BCUT2D eigenvalue weighted by Gasteiger charge is -2.06. The molecule has 0 aliphatic heterocycles. The Morgan fingerprint density at radius 1 is 1.37 bits per heavy atom. The lowest BCUT2D eigenvalue weighted by atomic mass is 10.2. The molecule has 7 nitrogen and oxygen atoms in total. The number of hydrogen-bond donors (Lipinski definition) is 1. The van der Waals surface area contributed by atoms with Crippen molar-refractivity contribution in [2.24, 2.45) is 0 Å². The van der Waals surface area contributed by atoms with Gasteiger partial charge >= 0.3 is 5.97 Å². The first-order valence-electron chi connectivity index (χ1n) is 6.41. The maximum atomic E-state index is 11.7. The van der Waals surface area contributed by atoms with Gasteiger partial charge in [-0.05, 0) is 12.8 Å². The second-order valence-electron chi connectivity index (χ2n) is 4.09. The Bertz CT molecular complexity index is 442. The number of nitrogens with zero attached hydrogens (tertiary/aromatic N) is 3. The Hall–Kier alpha value is -1.92. The molecule has 0 radical (unpaired) electrons. The van der Waals surface area contributed by atoms with Gasteiger partial charge in [0.15, 0.2) is 5.69 Å². The third kappa shape index (κ3) is 4.04. The Labute approximate surface area is 112 Å². The number of hydrogen-bond acceptors (Lipinski definition) is 5. The minimum atomic E-state index is -0.533. The summed E-state index contributed by atoms with van der Waals surface area (Å²) in [5.41, 5.74) is 0.781. The molecule has 1 rings (SSSR count). The highest BCUT2D eigenvalue weighted by molar-refractivity contribution is 5.88. The van der Waals surface area contributed by atoms with Gasteiger partial charge in [-0.2, -0.15) is 0 Å². The Morgan fingerprint density at radius 2 is 2.11 bits per heavy atom. The molecular formula is C12H20N4O3. The molecule has 1 heterocycles. The van der Waals surface area contributed by atoms with E-state index in [0.717, 1.165) is 12.8 Å². The largest absolute Gasteiger partial charge is 0.464 e. The van der Waals surface area contributed by atoms with Crippen molar-refractivity contribution in [1.82, 2.24) is 20.3 Å². The molecule has 1 amide bonds. The normalized spacial score (nSPS) is 10.3. The summed E-state index contributed by atoms with van der Waals surface area (Å²) in [5, 5.41) is 10.4. The summed E-state index contributed by atoms with van der Waals surface area (Å²) in [6, 6.07) is 0. The van der Waals surface area contributed by atoms with Crippen LogP contribution in [0.2, 0.25) is 0 Å². The predicted molar refractivity (Wildman–Crippen MR) is 68.7 cm³/mol. The number of carbonyl (C=O) groups excluding carboxylic acids is 2. The maximum Gasteiger partial charge on any atom is 0.360 e. The summed E-state index contributed by atoms with van der Waals surface area (Å²) in [7, 11) is 1.29. The number of amides is 1. The van der Waals surface area contributed by atoms with Crippen LogP contribution in [0.1, 0.15) is 42.9 Å². The van der Waals surface area contributed by atoms with Gasteiger partial charge in [-0.3, -0.25) is 4.79 Å². The molecule has 0 fully saturated rings. The smallest absolute Gasteiger partial charge is 0.360 e. The van der Waals surface area contributed by atoms with Crippen LogP contribution in [0.5, 0.6) is 0 Å². The van der Waals surface area contributed by atoms with Crippen molar-refractivity contribution in [3.05, 3.63) is 11.4 Å². The van der Waals surface area contributed by atoms with Gasteiger partial charge in [0.2, 0.25) is 5.91 Å². The fourth-order valence-corrected chi connectivity index (χ4v) is 1.66. The molecule has 0 aliphatic rings. The fraction of sp³-hybridized carbons (Fsp3) is 0.667. The molecular weight excluding hydrogens is 248 g/mol. The van der Waals surface area contributed by atoms with Crippen LogP contribution in [-0.2, 0) is 22.5 Å². The summed E-state index contributed by atoms with van der Waals surface area (Å²) in [6.45, 7) is 4.64. The van der Waals surface area contributed by atoms with Gasteiger partial charge in [0, 0.05) is 6.54 Å². The zero-order chi connectivity index (χ0) is 14.3. The molecule has 0 unspecified atom stereocenters. The minimum Gasteiger partial charge on any atom is -0.464 e. The highest BCUT2D eigenvalue weighted by Crippen LogP contribution is 2.07. The monoisotopic (exact) mass is 268 g/mol. The zero-order valence-electron chi connectivity index (χ0n) is 11.6.